The lowest BCUT2D eigenvalue weighted by Gasteiger charge is -2.28. The van der Waals surface area contributed by atoms with Crippen LogP contribution in [0.2, 0.25) is 0 Å². The number of ether oxygens (including phenoxy) is 1. The summed E-state index contributed by atoms with van der Waals surface area (Å²) in [7, 11) is 0. The molecule has 1 heterocycles. The molecule has 0 atom stereocenters. The van der Waals surface area contributed by atoms with Gasteiger partial charge in [0.2, 0.25) is 0 Å². The fraction of sp³-hybridized carbons (Fsp3) is 0.304. The standard InChI is InChI=1S/C23H23FN2O3/c24-20-9-5-4-6-17(20)15-29-19-12-10-16(11-13-19)14-21-22(27)26(23(28)25-21)18-7-2-1-3-8-18/h4-6,9-14,18H,1-3,7-8,15H2,(H,25,28)/b21-14-. The first kappa shape index (κ1) is 19.2. The maximum Gasteiger partial charge on any atom is 0.329 e. The predicted octanol–water partition coefficient (Wildman–Crippen LogP) is 4.63. The molecule has 3 amide bonds. The molecule has 2 aliphatic rings. The number of carbonyl (C=O) groups excluding carboxylic acids is 2. The summed E-state index contributed by atoms with van der Waals surface area (Å²) in [5, 5.41) is 2.69. The quantitative estimate of drug-likeness (QED) is 0.594. The zero-order chi connectivity index (χ0) is 20.2. The second kappa shape index (κ2) is 8.47. The number of benzene rings is 2. The number of amides is 3. The third-order valence-electron chi connectivity index (χ3n) is 5.39. The van der Waals surface area contributed by atoms with Crippen LogP contribution in [0.25, 0.3) is 6.08 Å². The monoisotopic (exact) mass is 394 g/mol. The Hall–Kier alpha value is -3.15. The molecule has 29 heavy (non-hydrogen) atoms. The Kier molecular flexibility index (Phi) is 5.60. The van der Waals surface area contributed by atoms with Gasteiger partial charge < -0.3 is 10.1 Å². The molecule has 1 aliphatic heterocycles. The molecule has 0 bridgehead atoms. The van der Waals surface area contributed by atoms with E-state index in [-0.39, 0.29) is 30.4 Å². The topological polar surface area (TPSA) is 58.6 Å². The van der Waals surface area contributed by atoms with Gasteiger partial charge in [0, 0.05) is 11.6 Å². The van der Waals surface area contributed by atoms with Gasteiger partial charge in [-0.05, 0) is 42.7 Å². The van der Waals surface area contributed by atoms with Gasteiger partial charge in [-0.3, -0.25) is 9.69 Å². The van der Waals surface area contributed by atoms with Gasteiger partial charge in [-0.15, -0.1) is 0 Å². The Bertz CT molecular complexity index is 933. The number of halogens is 1. The Labute approximate surface area is 169 Å². The Morgan fingerprint density at radius 3 is 2.48 bits per heavy atom. The van der Waals surface area contributed by atoms with E-state index in [1.165, 1.54) is 11.0 Å². The molecule has 4 rings (SSSR count). The van der Waals surface area contributed by atoms with E-state index in [1.54, 1.807) is 48.5 Å². The van der Waals surface area contributed by atoms with Crippen molar-refractivity contribution < 1.29 is 18.7 Å². The number of carbonyl (C=O) groups is 2. The molecule has 150 valence electrons. The van der Waals surface area contributed by atoms with Crippen LogP contribution in [0.15, 0.2) is 54.2 Å². The molecule has 0 radical (unpaired) electrons. The molecule has 2 aromatic carbocycles. The maximum atomic E-state index is 13.7. The Morgan fingerprint density at radius 2 is 1.76 bits per heavy atom. The second-order valence-electron chi connectivity index (χ2n) is 7.40. The molecular weight excluding hydrogens is 371 g/mol. The van der Waals surface area contributed by atoms with Gasteiger partial charge in [-0.1, -0.05) is 49.6 Å². The van der Waals surface area contributed by atoms with E-state index in [1.807, 2.05) is 0 Å². The summed E-state index contributed by atoms with van der Waals surface area (Å²) in [4.78, 5) is 26.4. The van der Waals surface area contributed by atoms with Crippen LogP contribution in [0.1, 0.15) is 43.2 Å². The van der Waals surface area contributed by atoms with Crippen molar-refractivity contribution in [3.05, 3.63) is 71.2 Å². The van der Waals surface area contributed by atoms with Gasteiger partial charge in [0.15, 0.2) is 0 Å². The zero-order valence-corrected chi connectivity index (χ0v) is 16.1. The third-order valence-corrected chi connectivity index (χ3v) is 5.39. The van der Waals surface area contributed by atoms with Crippen LogP contribution in [-0.4, -0.2) is 22.9 Å². The van der Waals surface area contributed by atoms with Gasteiger partial charge >= 0.3 is 6.03 Å². The van der Waals surface area contributed by atoms with Crippen molar-refractivity contribution in [2.24, 2.45) is 0 Å². The van der Waals surface area contributed by atoms with Crippen LogP contribution in [-0.2, 0) is 11.4 Å². The number of rotatable bonds is 5. The summed E-state index contributed by atoms with van der Waals surface area (Å²) < 4.78 is 19.3. The van der Waals surface area contributed by atoms with E-state index >= 15 is 0 Å². The SMILES string of the molecule is O=C1N/C(=C\c2ccc(OCc3ccccc3F)cc2)C(=O)N1C1CCCCC1. The summed E-state index contributed by atoms with van der Waals surface area (Å²) in [6.07, 6.45) is 6.68. The third kappa shape index (κ3) is 4.31. The highest BCUT2D eigenvalue weighted by Gasteiger charge is 2.38. The van der Waals surface area contributed by atoms with E-state index in [9.17, 15) is 14.0 Å². The minimum atomic E-state index is -0.335. The van der Waals surface area contributed by atoms with Crippen molar-refractivity contribution in [3.63, 3.8) is 0 Å². The molecule has 6 heteroatoms. The molecule has 5 nitrogen and oxygen atoms in total. The number of urea groups is 1. The molecule has 2 fully saturated rings. The lowest BCUT2D eigenvalue weighted by atomic mass is 9.94. The van der Waals surface area contributed by atoms with Crippen molar-refractivity contribution in [2.75, 3.05) is 0 Å². The van der Waals surface area contributed by atoms with Gasteiger partial charge in [0.25, 0.3) is 5.91 Å². The van der Waals surface area contributed by atoms with Crippen molar-refractivity contribution in [1.29, 1.82) is 0 Å². The minimum absolute atomic E-state index is 0.00342. The van der Waals surface area contributed by atoms with E-state index < -0.39 is 0 Å². The van der Waals surface area contributed by atoms with Crippen LogP contribution in [0.3, 0.4) is 0 Å². The number of imide groups is 1. The summed E-state index contributed by atoms with van der Waals surface area (Å²) in [5.41, 5.74) is 1.55. The molecular formula is C23H23FN2O3. The number of hydrogen-bond donors (Lipinski definition) is 1. The first-order valence-corrected chi connectivity index (χ1v) is 9.94. The fourth-order valence-electron chi connectivity index (χ4n) is 3.82. The maximum absolute atomic E-state index is 13.7. The molecule has 1 N–H and O–H groups in total. The molecule has 1 saturated carbocycles. The van der Waals surface area contributed by atoms with E-state index in [4.69, 9.17) is 4.74 Å². The van der Waals surface area contributed by atoms with Gasteiger partial charge in [0.05, 0.1) is 0 Å². The van der Waals surface area contributed by atoms with Gasteiger partial charge in [-0.2, -0.15) is 0 Å². The van der Waals surface area contributed by atoms with E-state index in [0.29, 0.717) is 17.0 Å². The average Bonchev–Trinajstić information content (AvgIpc) is 3.02. The first-order chi connectivity index (χ1) is 14.1. The highest BCUT2D eigenvalue weighted by atomic mass is 19.1. The highest BCUT2D eigenvalue weighted by molar-refractivity contribution is 6.14. The molecule has 0 unspecified atom stereocenters. The molecule has 0 aromatic heterocycles. The minimum Gasteiger partial charge on any atom is -0.489 e. The molecule has 1 saturated heterocycles. The van der Waals surface area contributed by atoms with E-state index in [2.05, 4.69) is 5.32 Å². The lowest BCUT2D eigenvalue weighted by Crippen LogP contribution is -2.41. The number of nitrogens with zero attached hydrogens (tertiary/aromatic N) is 1. The molecule has 1 aliphatic carbocycles. The van der Waals surface area contributed by atoms with Gasteiger partial charge in [-0.25, -0.2) is 9.18 Å². The van der Waals surface area contributed by atoms with Crippen LogP contribution in [0, 0.1) is 5.82 Å². The largest absolute Gasteiger partial charge is 0.489 e. The van der Waals surface area contributed by atoms with Crippen LogP contribution in [0.4, 0.5) is 9.18 Å². The summed E-state index contributed by atoms with van der Waals surface area (Å²) in [6, 6.07) is 13.3. The predicted molar refractivity (Wildman–Crippen MR) is 107 cm³/mol. The molecule has 0 spiro atoms. The van der Waals surface area contributed by atoms with Crippen LogP contribution < -0.4 is 10.1 Å². The van der Waals surface area contributed by atoms with Crippen molar-refractivity contribution in [2.45, 2.75) is 44.8 Å². The summed E-state index contributed by atoms with van der Waals surface area (Å²) in [6.45, 7) is 0.137. The molecule has 2 aromatic rings. The smallest absolute Gasteiger partial charge is 0.329 e. The summed E-state index contributed by atoms with van der Waals surface area (Å²) >= 11 is 0. The van der Waals surface area contributed by atoms with Crippen molar-refractivity contribution in [1.82, 2.24) is 10.2 Å². The summed E-state index contributed by atoms with van der Waals surface area (Å²) in [5.74, 6) is 0.0367. The van der Waals surface area contributed by atoms with Crippen LogP contribution >= 0.6 is 0 Å². The fourth-order valence-corrected chi connectivity index (χ4v) is 3.82. The number of nitrogens with one attached hydrogen (secondary N) is 1. The highest BCUT2D eigenvalue weighted by Crippen LogP contribution is 2.27. The Balaban J connectivity index is 1.41. The lowest BCUT2D eigenvalue weighted by molar-refractivity contribution is -0.124. The normalized spacial score (nSPS) is 18.9. The van der Waals surface area contributed by atoms with E-state index in [0.717, 1.165) is 37.7 Å². The Morgan fingerprint density at radius 1 is 1.03 bits per heavy atom. The van der Waals surface area contributed by atoms with Crippen molar-refractivity contribution in [3.8, 4) is 5.75 Å². The van der Waals surface area contributed by atoms with Crippen LogP contribution in [0.5, 0.6) is 5.75 Å². The average molecular weight is 394 g/mol. The first-order valence-electron chi connectivity index (χ1n) is 9.94. The zero-order valence-electron chi connectivity index (χ0n) is 16.1. The van der Waals surface area contributed by atoms with Crippen molar-refractivity contribution >= 4 is 18.0 Å². The van der Waals surface area contributed by atoms with Gasteiger partial charge in [0.1, 0.15) is 23.9 Å². The second-order valence-corrected chi connectivity index (χ2v) is 7.40. The number of hydrogen-bond acceptors (Lipinski definition) is 3.